The molecule has 4 nitrogen and oxygen atoms in total. The molecule has 0 aromatic heterocycles. The quantitative estimate of drug-likeness (QED) is 0.341. The van der Waals surface area contributed by atoms with Crippen molar-refractivity contribution in [3.63, 3.8) is 0 Å². The lowest BCUT2D eigenvalue weighted by atomic mass is 10.7. The van der Waals surface area contributed by atoms with E-state index in [-0.39, 0.29) is 0 Å². The Labute approximate surface area is 63.4 Å². The van der Waals surface area contributed by atoms with Crippen molar-refractivity contribution in [3.8, 4) is 0 Å². The first kappa shape index (κ1) is 16.4. The number of rotatable bonds is 0. The van der Waals surface area contributed by atoms with E-state index in [4.69, 9.17) is 16.6 Å². The van der Waals surface area contributed by atoms with Crippen LogP contribution in [-0.2, 0) is 0 Å². The summed E-state index contributed by atoms with van der Waals surface area (Å²) < 4.78 is 0. The van der Waals surface area contributed by atoms with Crippen LogP contribution in [0.4, 0.5) is 0 Å². The van der Waals surface area contributed by atoms with Gasteiger partial charge in [0.05, 0.1) is 6.23 Å². The Bertz CT molecular complexity index is 29.4. The van der Waals surface area contributed by atoms with Gasteiger partial charge in [0.2, 0.25) is 0 Å². The maximum Gasteiger partial charge on any atom is 0.0991 e. The largest absolute Gasteiger partial charge is 0.379 e. The average Bonchev–Trinajstić information content (AvgIpc) is 1.65. The van der Waals surface area contributed by atoms with Gasteiger partial charge >= 0.3 is 0 Å². The molecule has 1 atom stereocenters. The first-order chi connectivity index (χ1) is 4.56. The molecule has 0 aromatic rings. The third-order valence-corrected chi connectivity index (χ3v) is 0. The highest BCUT2D eigenvalue weighted by atomic mass is 16.3. The molecule has 4 heteroatoms. The van der Waals surface area contributed by atoms with E-state index in [1.165, 1.54) is 6.92 Å². The zero-order valence-electron chi connectivity index (χ0n) is 7.17. The van der Waals surface area contributed by atoms with Gasteiger partial charge < -0.3 is 22.3 Å². The lowest BCUT2D eigenvalue weighted by Crippen LogP contribution is -2.11. The smallest absolute Gasteiger partial charge is 0.0991 e. The van der Waals surface area contributed by atoms with Crippen molar-refractivity contribution < 1.29 is 5.11 Å². The Balaban J connectivity index is -0.0000000750. The lowest BCUT2D eigenvalue weighted by Gasteiger charge is -1.82. The van der Waals surface area contributed by atoms with Crippen molar-refractivity contribution in [1.29, 1.82) is 0 Å². The number of aliphatic hydroxyl groups is 1. The number of hydrogen-bond acceptors (Lipinski definition) is 4. The van der Waals surface area contributed by atoms with Gasteiger partial charge in [-0.3, -0.25) is 0 Å². The molecule has 0 radical (unpaired) electrons. The predicted octanol–water partition coefficient (Wildman–Crippen LogP) is -0.787. The first-order valence-corrected chi connectivity index (χ1v) is 3.40. The minimum absolute atomic E-state index is 0.667. The summed E-state index contributed by atoms with van der Waals surface area (Å²) in [5.41, 5.74) is 14.4. The van der Waals surface area contributed by atoms with Crippen molar-refractivity contribution in [1.82, 2.24) is 0 Å². The van der Waals surface area contributed by atoms with Crippen molar-refractivity contribution >= 4 is 0 Å². The molecule has 7 N–H and O–H groups in total. The molecule has 0 aromatic carbocycles. The molecule has 10 heavy (non-hydrogen) atoms. The Morgan fingerprint density at radius 3 is 1.20 bits per heavy atom. The minimum Gasteiger partial charge on any atom is -0.379 e. The minimum atomic E-state index is -0.667. The van der Waals surface area contributed by atoms with E-state index in [1.807, 2.05) is 13.8 Å². The molecule has 0 aliphatic heterocycles. The maximum atomic E-state index is 7.83. The fourth-order valence-corrected chi connectivity index (χ4v) is 0. The predicted molar refractivity (Wildman–Crippen MR) is 45.3 cm³/mol. The van der Waals surface area contributed by atoms with Gasteiger partial charge in [-0.05, 0) is 20.0 Å². The summed E-state index contributed by atoms with van der Waals surface area (Å²) >= 11 is 0. The molecule has 0 saturated heterocycles. The monoisotopic (exact) mass is 151 g/mol. The van der Waals surface area contributed by atoms with Gasteiger partial charge in [0, 0.05) is 0 Å². The standard InChI is InChI=1S/C2H7NO.2C2H7N/c1-2(3)4;2*1-2-3/h2,4H,3H2,1H3;2*2-3H2,1H3. The van der Waals surface area contributed by atoms with Crippen LogP contribution in [0.15, 0.2) is 0 Å². The summed E-state index contributed by atoms with van der Waals surface area (Å²) in [5, 5.41) is 7.83. The molecule has 66 valence electrons. The summed E-state index contributed by atoms with van der Waals surface area (Å²) in [5.74, 6) is 0. The lowest BCUT2D eigenvalue weighted by molar-refractivity contribution is 0.203. The van der Waals surface area contributed by atoms with E-state index >= 15 is 0 Å². The summed E-state index contributed by atoms with van der Waals surface area (Å²) in [6, 6.07) is 0. The van der Waals surface area contributed by atoms with Gasteiger partial charge in [-0.2, -0.15) is 0 Å². The molecule has 0 rings (SSSR count). The molecule has 0 spiro atoms. The molecule has 0 amide bonds. The van der Waals surface area contributed by atoms with E-state index in [9.17, 15) is 0 Å². The van der Waals surface area contributed by atoms with Gasteiger partial charge in [-0.25, -0.2) is 0 Å². The molecule has 0 heterocycles. The van der Waals surface area contributed by atoms with Gasteiger partial charge in [0.25, 0.3) is 0 Å². The normalized spacial score (nSPS) is 9.90. The van der Waals surface area contributed by atoms with Crippen molar-refractivity contribution in [2.24, 2.45) is 17.2 Å². The van der Waals surface area contributed by atoms with Crippen molar-refractivity contribution in [2.75, 3.05) is 13.1 Å². The Kier molecular flexibility index (Phi) is 38.1. The van der Waals surface area contributed by atoms with Gasteiger partial charge in [0.1, 0.15) is 0 Å². The van der Waals surface area contributed by atoms with Crippen LogP contribution < -0.4 is 17.2 Å². The topological polar surface area (TPSA) is 98.3 Å². The van der Waals surface area contributed by atoms with Crippen LogP contribution in [0.1, 0.15) is 20.8 Å². The second-order valence-corrected chi connectivity index (χ2v) is 1.56. The molecular formula is C6H21N3O. The Hall–Kier alpha value is -0.160. The number of nitrogens with two attached hydrogens (primary N) is 3. The van der Waals surface area contributed by atoms with E-state index in [0.717, 1.165) is 13.1 Å². The molecule has 1 unspecified atom stereocenters. The highest BCUT2D eigenvalue weighted by molar-refractivity contribution is 4.16. The molecule has 0 saturated carbocycles. The van der Waals surface area contributed by atoms with Gasteiger partial charge in [0.15, 0.2) is 0 Å². The molecule has 0 aliphatic rings. The molecule has 0 aliphatic carbocycles. The highest BCUT2D eigenvalue weighted by Crippen LogP contribution is 1.50. The summed E-state index contributed by atoms with van der Waals surface area (Å²) in [6.07, 6.45) is -0.667. The Morgan fingerprint density at radius 1 is 1.20 bits per heavy atom. The number of aliphatic hydroxyl groups excluding tert-OH is 1. The van der Waals surface area contributed by atoms with Crippen LogP contribution in [0.3, 0.4) is 0 Å². The average molecular weight is 151 g/mol. The van der Waals surface area contributed by atoms with E-state index < -0.39 is 6.23 Å². The van der Waals surface area contributed by atoms with Crippen LogP contribution in [0, 0.1) is 0 Å². The first-order valence-electron chi connectivity index (χ1n) is 3.40. The third-order valence-electron chi connectivity index (χ3n) is 0. The summed E-state index contributed by atoms with van der Waals surface area (Å²) in [7, 11) is 0. The van der Waals surface area contributed by atoms with Crippen LogP contribution >= 0.6 is 0 Å². The second-order valence-electron chi connectivity index (χ2n) is 1.56. The van der Waals surface area contributed by atoms with E-state index in [0.29, 0.717) is 0 Å². The zero-order chi connectivity index (χ0) is 8.99. The van der Waals surface area contributed by atoms with E-state index in [2.05, 4.69) is 5.73 Å². The second kappa shape index (κ2) is 23.2. The van der Waals surface area contributed by atoms with Crippen LogP contribution in [0.2, 0.25) is 0 Å². The van der Waals surface area contributed by atoms with Crippen molar-refractivity contribution in [2.45, 2.75) is 27.0 Å². The van der Waals surface area contributed by atoms with Crippen LogP contribution in [0.5, 0.6) is 0 Å². The summed E-state index contributed by atoms with van der Waals surface area (Å²) in [4.78, 5) is 0. The molecular weight excluding hydrogens is 130 g/mol. The van der Waals surface area contributed by atoms with Crippen LogP contribution in [0.25, 0.3) is 0 Å². The molecule has 0 bridgehead atoms. The zero-order valence-corrected chi connectivity index (χ0v) is 7.17. The SMILES string of the molecule is CC(N)O.CCN.CCN. The van der Waals surface area contributed by atoms with E-state index in [1.54, 1.807) is 0 Å². The van der Waals surface area contributed by atoms with Gasteiger partial charge in [-0.1, -0.05) is 13.8 Å². The third kappa shape index (κ3) is 14300. The fourth-order valence-electron chi connectivity index (χ4n) is 0. The van der Waals surface area contributed by atoms with Gasteiger partial charge in [-0.15, -0.1) is 0 Å². The Morgan fingerprint density at radius 2 is 1.20 bits per heavy atom. The fraction of sp³-hybridized carbons (Fsp3) is 1.00. The highest BCUT2D eigenvalue weighted by Gasteiger charge is 1.68. The molecule has 0 fully saturated rings. The maximum absolute atomic E-state index is 7.83. The van der Waals surface area contributed by atoms with Crippen LogP contribution in [-0.4, -0.2) is 24.4 Å². The summed E-state index contributed by atoms with van der Waals surface area (Å²) in [6.45, 7) is 6.81. The number of hydrogen-bond donors (Lipinski definition) is 4. The van der Waals surface area contributed by atoms with Crippen molar-refractivity contribution in [3.05, 3.63) is 0 Å².